The number of hydrogen-bond acceptors (Lipinski definition) is 4. The second-order valence-electron chi connectivity index (χ2n) is 4.76. The average molecular weight is 275 g/mol. The fourth-order valence-corrected chi connectivity index (χ4v) is 4.48. The van der Waals surface area contributed by atoms with E-state index >= 15 is 0 Å². The van der Waals surface area contributed by atoms with E-state index in [-0.39, 0.29) is 12.0 Å². The van der Waals surface area contributed by atoms with E-state index in [2.05, 4.69) is 4.72 Å². The fourth-order valence-electron chi connectivity index (χ4n) is 1.77. The van der Waals surface area contributed by atoms with E-state index in [4.69, 9.17) is 5.11 Å². The molecule has 0 aliphatic heterocycles. The molecule has 0 amide bonds. The lowest BCUT2D eigenvalue weighted by molar-refractivity contribution is 0.213. The minimum absolute atomic E-state index is 0.0527. The highest BCUT2D eigenvalue weighted by atomic mass is 32.2. The molecule has 1 aromatic rings. The Hall–Kier alpha value is -0.430. The Labute approximate surface area is 106 Å². The minimum atomic E-state index is -3.42. The van der Waals surface area contributed by atoms with Crippen molar-refractivity contribution in [3.05, 3.63) is 15.8 Å². The second-order valence-corrected chi connectivity index (χ2v) is 7.96. The predicted molar refractivity (Wildman–Crippen MR) is 67.7 cm³/mol. The molecule has 2 N–H and O–H groups in total. The van der Waals surface area contributed by atoms with Crippen LogP contribution in [0, 0.1) is 19.3 Å². The van der Waals surface area contributed by atoms with Crippen LogP contribution >= 0.6 is 11.3 Å². The van der Waals surface area contributed by atoms with Crippen molar-refractivity contribution in [3.8, 4) is 0 Å². The molecule has 0 radical (unpaired) electrons. The van der Waals surface area contributed by atoms with E-state index in [0.717, 1.165) is 22.6 Å². The van der Waals surface area contributed by atoms with Gasteiger partial charge in [0.2, 0.25) is 10.0 Å². The Balaban J connectivity index is 2.12. The first kappa shape index (κ1) is 13.0. The lowest BCUT2D eigenvalue weighted by Gasteiger charge is -2.12. The van der Waals surface area contributed by atoms with E-state index < -0.39 is 10.0 Å². The predicted octanol–water partition coefficient (Wildman–Crippen LogP) is 1.42. The highest BCUT2D eigenvalue weighted by Crippen LogP contribution is 2.44. The van der Waals surface area contributed by atoms with Crippen molar-refractivity contribution < 1.29 is 13.5 Å². The zero-order valence-corrected chi connectivity index (χ0v) is 11.6. The number of aliphatic hydroxyl groups is 1. The summed E-state index contributed by atoms with van der Waals surface area (Å²) in [6, 6.07) is 1.70. The molecule has 0 spiro atoms. The third-order valence-corrected chi connectivity index (χ3v) is 5.84. The van der Waals surface area contributed by atoms with Gasteiger partial charge in [-0.1, -0.05) is 0 Å². The second kappa shape index (κ2) is 4.35. The number of aliphatic hydroxyl groups excluding tert-OH is 1. The Kier molecular flexibility index (Phi) is 3.33. The van der Waals surface area contributed by atoms with Crippen molar-refractivity contribution in [3.63, 3.8) is 0 Å². The van der Waals surface area contributed by atoms with E-state index in [1.54, 1.807) is 6.07 Å². The fraction of sp³-hybridized carbons (Fsp3) is 0.636. The van der Waals surface area contributed by atoms with Crippen molar-refractivity contribution in [1.82, 2.24) is 4.72 Å². The zero-order chi connectivity index (χ0) is 12.7. The summed E-state index contributed by atoms with van der Waals surface area (Å²) in [4.78, 5) is 2.17. The van der Waals surface area contributed by atoms with Crippen LogP contribution in [0.4, 0.5) is 0 Å². The first-order valence-electron chi connectivity index (χ1n) is 5.56. The van der Waals surface area contributed by atoms with Crippen molar-refractivity contribution in [1.29, 1.82) is 0 Å². The van der Waals surface area contributed by atoms with Gasteiger partial charge in [0.25, 0.3) is 0 Å². The Bertz CT molecular complexity index is 515. The molecule has 1 heterocycles. The topological polar surface area (TPSA) is 66.4 Å². The Morgan fingerprint density at radius 2 is 2.12 bits per heavy atom. The van der Waals surface area contributed by atoms with Crippen LogP contribution < -0.4 is 4.72 Å². The maximum Gasteiger partial charge on any atom is 0.241 e. The van der Waals surface area contributed by atoms with Crippen LogP contribution in [0.15, 0.2) is 11.0 Å². The summed E-state index contributed by atoms with van der Waals surface area (Å²) in [5.74, 6) is 0. The maximum atomic E-state index is 12.1. The van der Waals surface area contributed by atoms with Crippen LogP contribution in [-0.4, -0.2) is 26.7 Å². The third-order valence-electron chi connectivity index (χ3n) is 3.21. The normalized spacial score (nSPS) is 18.3. The highest BCUT2D eigenvalue weighted by molar-refractivity contribution is 7.89. The van der Waals surface area contributed by atoms with Gasteiger partial charge in [-0.3, -0.25) is 0 Å². The third kappa shape index (κ3) is 2.70. The maximum absolute atomic E-state index is 12.1. The largest absolute Gasteiger partial charge is 0.396 e. The Morgan fingerprint density at radius 1 is 1.47 bits per heavy atom. The van der Waals surface area contributed by atoms with Crippen LogP contribution in [0.5, 0.6) is 0 Å². The number of thiophene rings is 1. The molecule has 96 valence electrons. The average Bonchev–Trinajstić information content (AvgIpc) is 2.96. The molecule has 1 fully saturated rings. The zero-order valence-electron chi connectivity index (χ0n) is 9.99. The number of rotatable bonds is 5. The van der Waals surface area contributed by atoms with Gasteiger partial charge in [-0.2, -0.15) is 0 Å². The summed E-state index contributed by atoms with van der Waals surface area (Å²) in [5, 5.41) is 9.15. The van der Waals surface area contributed by atoms with Crippen molar-refractivity contribution in [2.75, 3.05) is 13.2 Å². The monoisotopic (exact) mass is 275 g/mol. The molecule has 6 heteroatoms. The molecule has 0 bridgehead atoms. The number of nitrogens with one attached hydrogen (secondary N) is 1. The van der Waals surface area contributed by atoms with Gasteiger partial charge in [0.05, 0.1) is 4.90 Å². The van der Waals surface area contributed by atoms with Crippen molar-refractivity contribution >= 4 is 21.4 Å². The molecule has 0 saturated heterocycles. The minimum Gasteiger partial charge on any atom is -0.396 e. The van der Waals surface area contributed by atoms with Crippen LogP contribution in [0.3, 0.4) is 0 Å². The van der Waals surface area contributed by atoms with Gasteiger partial charge in [0, 0.05) is 28.3 Å². The SMILES string of the molecule is Cc1cc(S(=O)(=O)NCC2(CO)CC2)c(C)s1. The van der Waals surface area contributed by atoms with E-state index in [0.29, 0.717) is 11.4 Å². The molecular weight excluding hydrogens is 258 g/mol. The molecular formula is C11H17NO3S2. The van der Waals surface area contributed by atoms with Crippen molar-refractivity contribution in [2.45, 2.75) is 31.6 Å². The smallest absolute Gasteiger partial charge is 0.241 e. The van der Waals surface area contributed by atoms with Gasteiger partial charge >= 0.3 is 0 Å². The number of hydrogen-bond donors (Lipinski definition) is 2. The summed E-state index contributed by atoms with van der Waals surface area (Å²) >= 11 is 1.48. The molecule has 1 aliphatic rings. The standard InChI is InChI=1S/C11H17NO3S2/c1-8-5-10(9(2)16-8)17(14,15)12-6-11(7-13)3-4-11/h5,12-13H,3-4,6-7H2,1-2H3. The van der Waals surface area contributed by atoms with Crippen LogP contribution in [0.1, 0.15) is 22.6 Å². The van der Waals surface area contributed by atoms with Gasteiger partial charge in [-0.05, 0) is 32.8 Å². The van der Waals surface area contributed by atoms with E-state index in [9.17, 15) is 8.42 Å². The van der Waals surface area contributed by atoms with Crippen LogP contribution in [0.25, 0.3) is 0 Å². The summed E-state index contributed by atoms with van der Waals surface area (Å²) in [6.45, 7) is 4.09. The van der Waals surface area contributed by atoms with Gasteiger partial charge in [0.1, 0.15) is 0 Å². The van der Waals surface area contributed by atoms with Crippen LogP contribution in [0.2, 0.25) is 0 Å². The molecule has 1 aliphatic carbocycles. The molecule has 17 heavy (non-hydrogen) atoms. The van der Waals surface area contributed by atoms with Gasteiger partial charge < -0.3 is 5.11 Å². The summed E-state index contributed by atoms with van der Waals surface area (Å²) in [6.07, 6.45) is 1.79. The van der Waals surface area contributed by atoms with Gasteiger partial charge in [-0.25, -0.2) is 13.1 Å². The van der Waals surface area contributed by atoms with E-state index in [1.807, 2.05) is 13.8 Å². The molecule has 1 saturated carbocycles. The number of sulfonamides is 1. The lowest BCUT2D eigenvalue weighted by atomic mass is 10.1. The first-order valence-corrected chi connectivity index (χ1v) is 7.86. The summed E-state index contributed by atoms with van der Waals surface area (Å²) in [7, 11) is -3.42. The molecule has 0 aromatic carbocycles. The quantitative estimate of drug-likeness (QED) is 0.854. The molecule has 0 atom stereocenters. The Morgan fingerprint density at radius 3 is 2.53 bits per heavy atom. The first-order chi connectivity index (χ1) is 7.88. The van der Waals surface area contributed by atoms with Gasteiger partial charge in [-0.15, -0.1) is 11.3 Å². The highest BCUT2D eigenvalue weighted by Gasteiger charge is 2.42. The molecule has 1 aromatic heterocycles. The summed E-state index contributed by atoms with van der Waals surface area (Å²) < 4.78 is 26.7. The van der Waals surface area contributed by atoms with Crippen LogP contribution in [-0.2, 0) is 10.0 Å². The number of aryl methyl sites for hydroxylation is 2. The van der Waals surface area contributed by atoms with Gasteiger partial charge in [0.15, 0.2) is 0 Å². The molecule has 4 nitrogen and oxygen atoms in total. The lowest BCUT2D eigenvalue weighted by Crippen LogP contribution is -2.32. The summed E-state index contributed by atoms with van der Waals surface area (Å²) in [5.41, 5.74) is -0.202. The molecule has 0 unspecified atom stereocenters. The molecule has 2 rings (SSSR count). The van der Waals surface area contributed by atoms with E-state index in [1.165, 1.54) is 11.3 Å². The van der Waals surface area contributed by atoms with Crippen molar-refractivity contribution in [2.24, 2.45) is 5.41 Å².